The predicted molar refractivity (Wildman–Crippen MR) is 90.5 cm³/mol. The van der Waals surface area contributed by atoms with Crippen LogP contribution < -0.4 is 5.32 Å². The van der Waals surface area contributed by atoms with Crippen LogP contribution in [0.1, 0.15) is 43.1 Å². The maximum Gasteiger partial charge on any atom is 0.268 e. The molecule has 2 aliphatic rings. The maximum absolute atomic E-state index is 12.6. The Kier molecular flexibility index (Phi) is 3.55. The summed E-state index contributed by atoms with van der Waals surface area (Å²) in [7, 11) is 0. The molecule has 2 N–H and O–H groups in total. The lowest BCUT2D eigenvalue weighted by molar-refractivity contribution is -0.134. The van der Waals surface area contributed by atoms with E-state index in [9.17, 15) is 9.59 Å². The monoisotopic (exact) mass is 326 g/mol. The molecule has 2 fully saturated rings. The van der Waals surface area contributed by atoms with Crippen LogP contribution in [-0.2, 0) is 4.79 Å². The lowest BCUT2D eigenvalue weighted by Gasteiger charge is -2.33. The molecule has 2 aromatic heterocycles. The van der Waals surface area contributed by atoms with Gasteiger partial charge in [0.1, 0.15) is 11.7 Å². The van der Waals surface area contributed by atoms with Gasteiger partial charge in [0.25, 0.3) is 5.91 Å². The highest BCUT2D eigenvalue weighted by Crippen LogP contribution is 2.53. The molecule has 1 aliphatic heterocycles. The summed E-state index contributed by atoms with van der Waals surface area (Å²) in [6, 6.07) is 3.11. The average Bonchev–Trinajstić information content (AvgIpc) is 3.20. The Morgan fingerprint density at radius 1 is 1.29 bits per heavy atom. The molecule has 1 saturated heterocycles. The second-order valence-electron chi connectivity index (χ2n) is 7.17. The van der Waals surface area contributed by atoms with Crippen LogP contribution in [0, 0.1) is 5.41 Å². The maximum atomic E-state index is 12.6. The van der Waals surface area contributed by atoms with Gasteiger partial charge < -0.3 is 15.2 Å². The summed E-state index contributed by atoms with van der Waals surface area (Å²) in [5.74, 6) is -0.251. The zero-order chi connectivity index (χ0) is 16.7. The van der Waals surface area contributed by atoms with Crippen molar-refractivity contribution in [1.82, 2.24) is 20.2 Å². The fourth-order valence-electron chi connectivity index (χ4n) is 3.58. The summed E-state index contributed by atoms with van der Waals surface area (Å²) in [5.41, 5.74) is 1.81. The van der Waals surface area contributed by atoms with Crippen LogP contribution in [0.25, 0.3) is 10.9 Å². The zero-order valence-electron chi connectivity index (χ0n) is 13.8. The summed E-state index contributed by atoms with van der Waals surface area (Å²) < 4.78 is 0. The summed E-state index contributed by atoms with van der Waals surface area (Å²) in [6.07, 6.45) is 8.21. The topological polar surface area (TPSA) is 78.1 Å². The minimum Gasteiger partial charge on any atom is -0.349 e. The molecule has 3 heterocycles. The molecule has 1 saturated carbocycles. The molecule has 2 amide bonds. The number of amides is 2. The van der Waals surface area contributed by atoms with Crippen molar-refractivity contribution in [3.63, 3.8) is 0 Å². The molecule has 0 unspecified atom stereocenters. The number of aromatic nitrogens is 2. The molecule has 0 aromatic carbocycles. The quantitative estimate of drug-likeness (QED) is 0.906. The minimum absolute atomic E-state index is 0.0108. The van der Waals surface area contributed by atoms with Crippen molar-refractivity contribution in [1.29, 1.82) is 0 Å². The third-order valence-corrected chi connectivity index (χ3v) is 5.48. The number of rotatable bonds is 3. The van der Waals surface area contributed by atoms with Crippen molar-refractivity contribution < 1.29 is 9.59 Å². The highest BCUT2D eigenvalue weighted by molar-refractivity contribution is 5.99. The van der Waals surface area contributed by atoms with Gasteiger partial charge in [0.05, 0.1) is 11.7 Å². The number of hydrogen-bond acceptors (Lipinski definition) is 3. The summed E-state index contributed by atoms with van der Waals surface area (Å²) in [6.45, 7) is 3.39. The van der Waals surface area contributed by atoms with E-state index in [0.29, 0.717) is 11.1 Å². The summed E-state index contributed by atoms with van der Waals surface area (Å²) in [4.78, 5) is 33.9. The number of fused-ring (bicyclic) bond motifs is 1. The molecule has 0 radical (unpaired) electrons. The normalized spacial score (nSPS) is 20.1. The van der Waals surface area contributed by atoms with E-state index < -0.39 is 6.04 Å². The van der Waals surface area contributed by atoms with Crippen LogP contribution in [0.4, 0.5) is 0 Å². The summed E-state index contributed by atoms with van der Waals surface area (Å²) >= 11 is 0. The highest BCUT2D eigenvalue weighted by atomic mass is 16.2. The number of pyridine rings is 1. The lowest BCUT2D eigenvalue weighted by atomic mass is 9.93. The second-order valence-corrected chi connectivity index (χ2v) is 7.17. The molecule has 4 rings (SSSR count). The molecule has 1 aliphatic carbocycles. The molecular weight excluding hydrogens is 304 g/mol. The first-order chi connectivity index (χ1) is 11.6. The number of carbonyl (C=O) groups is 2. The fourth-order valence-corrected chi connectivity index (χ4v) is 3.58. The molecule has 6 heteroatoms. The Labute approximate surface area is 140 Å². The molecule has 1 atom stereocenters. The van der Waals surface area contributed by atoms with Gasteiger partial charge in [0.2, 0.25) is 5.91 Å². The molecule has 126 valence electrons. The van der Waals surface area contributed by atoms with Gasteiger partial charge >= 0.3 is 0 Å². The molecular formula is C18H22N4O2. The Morgan fingerprint density at radius 3 is 2.71 bits per heavy atom. The third-order valence-electron chi connectivity index (χ3n) is 5.48. The van der Waals surface area contributed by atoms with Crippen molar-refractivity contribution in [2.24, 2.45) is 5.41 Å². The molecule has 24 heavy (non-hydrogen) atoms. The first-order valence-electron chi connectivity index (χ1n) is 8.59. The van der Waals surface area contributed by atoms with E-state index in [1.165, 1.54) is 12.8 Å². The van der Waals surface area contributed by atoms with Crippen molar-refractivity contribution in [3.8, 4) is 0 Å². The average molecular weight is 326 g/mol. The number of carbonyl (C=O) groups excluding carboxylic acids is 2. The van der Waals surface area contributed by atoms with E-state index in [2.05, 4.69) is 15.3 Å². The SMILES string of the molecule is C[C@@H](NC(=O)c1cc2ccncc2[nH]1)C(=O)N1CCC2(CC1)CC2. The van der Waals surface area contributed by atoms with Crippen molar-refractivity contribution in [3.05, 3.63) is 30.2 Å². The van der Waals surface area contributed by atoms with E-state index in [4.69, 9.17) is 0 Å². The Morgan fingerprint density at radius 2 is 2.04 bits per heavy atom. The number of nitrogens with one attached hydrogen (secondary N) is 2. The van der Waals surface area contributed by atoms with Crippen LogP contribution in [0.2, 0.25) is 0 Å². The number of H-pyrrole nitrogens is 1. The van der Waals surface area contributed by atoms with Crippen LogP contribution >= 0.6 is 0 Å². The number of aromatic amines is 1. The molecule has 6 nitrogen and oxygen atoms in total. The zero-order valence-corrected chi connectivity index (χ0v) is 13.8. The first kappa shape index (κ1) is 15.2. The van der Waals surface area contributed by atoms with Crippen molar-refractivity contribution in [2.75, 3.05) is 13.1 Å². The minimum atomic E-state index is -0.518. The molecule has 2 aromatic rings. The first-order valence-corrected chi connectivity index (χ1v) is 8.59. The van der Waals surface area contributed by atoms with Crippen molar-refractivity contribution >= 4 is 22.7 Å². The smallest absolute Gasteiger partial charge is 0.268 e. The number of hydrogen-bond donors (Lipinski definition) is 2. The number of nitrogens with zero attached hydrogens (tertiary/aromatic N) is 2. The van der Waals surface area contributed by atoms with Crippen LogP contribution in [0.3, 0.4) is 0 Å². The standard InChI is InChI=1S/C18H22N4O2/c1-12(17(24)22-8-5-18(3-4-18)6-9-22)20-16(23)14-10-13-2-7-19-11-15(13)21-14/h2,7,10-12,21H,3-6,8-9H2,1H3,(H,20,23)/t12-/m1/s1. The summed E-state index contributed by atoms with van der Waals surface area (Å²) in [5, 5.41) is 3.74. The number of likely N-dealkylation sites (tertiary alicyclic amines) is 1. The Balaban J connectivity index is 1.38. The van der Waals surface area contributed by atoms with Gasteiger partial charge in [-0.15, -0.1) is 0 Å². The van der Waals surface area contributed by atoms with E-state index >= 15 is 0 Å². The largest absolute Gasteiger partial charge is 0.349 e. The predicted octanol–water partition coefficient (Wildman–Crippen LogP) is 2.08. The van der Waals surface area contributed by atoms with Crippen LogP contribution in [-0.4, -0.2) is 45.8 Å². The van der Waals surface area contributed by atoms with Gasteiger partial charge in [-0.1, -0.05) is 0 Å². The number of piperidine rings is 1. The van der Waals surface area contributed by atoms with E-state index in [1.54, 1.807) is 25.4 Å². The van der Waals surface area contributed by atoms with Crippen LogP contribution in [0.15, 0.2) is 24.5 Å². The molecule has 0 bridgehead atoms. The third kappa shape index (κ3) is 2.77. The van der Waals surface area contributed by atoms with Gasteiger partial charge in [-0.2, -0.15) is 0 Å². The van der Waals surface area contributed by atoms with Gasteiger partial charge in [0, 0.05) is 24.7 Å². The Hall–Kier alpha value is -2.37. The second kappa shape index (κ2) is 5.61. The van der Waals surface area contributed by atoms with Gasteiger partial charge in [0.15, 0.2) is 0 Å². The van der Waals surface area contributed by atoms with Gasteiger partial charge in [-0.05, 0) is 50.2 Å². The Bertz CT molecular complexity index is 750. The highest BCUT2D eigenvalue weighted by Gasteiger charge is 2.45. The van der Waals surface area contributed by atoms with E-state index in [0.717, 1.165) is 36.8 Å². The lowest BCUT2D eigenvalue weighted by Crippen LogP contribution is -2.49. The van der Waals surface area contributed by atoms with E-state index in [-0.39, 0.29) is 11.8 Å². The van der Waals surface area contributed by atoms with Crippen LogP contribution in [0.5, 0.6) is 0 Å². The van der Waals surface area contributed by atoms with E-state index in [1.807, 2.05) is 11.0 Å². The fraction of sp³-hybridized carbons (Fsp3) is 0.500. The molecule has 1 spiro atoms. The van der Waals surface area contributed by atoms with Gasteiger partial charge in [-0.3, -0.25) is 14.6 Å². The van der Waals surface area contributed by atoms with Gasteiger partial charge in [-0.25, -0.2) is 0 Å². The van der Waals surface area contributed by atoms with Crippen molar-refractivity contribution in [2.45, 2.75) is 38.6 Å².